The van der Waals surface area contributed by atoms with Crippen molar-refractivity contribution in [1.29, 1.82) is 0 Å². The van der Waals surface area contributed by atoms with Crippen molar-refractivity contribution in [2.24, 2.45) is 5.92 Å². The molecule has 1 aromatic rings. The lowest BCUT2D eigenvalue weighted by molar-refractivity contribution is -0.144. The Morgan fingerprint density at radius 2 is 1.81 bits per heavy atom. The molecule has 0 spiro atoms. The van der Waals surface area contributed by atoms with Gasteiger partial charge in [-0.1, -0.05) is 26.0 Å². The van der Waals surface area contributed by atoms with Crippen LogP contribution in [0.3, 0.4) is 0 Å². The zero-order valence-electron chi connectivity index (χ0n) is 13.9. The van der Waals surface area contributed by atoms with E-state index in [1.165, 1.54) is 11.3 Å². The van der Waals surface area contributed by atoms with Gasteiger partial charge in [-0.2, -0.15) is 0 Å². The summed E-state index contributed by atoms with van der Waals surface area (Å²) in [5.74, 6) is 0.529. The molecule has 0 bridgehead atoms. The van der Waals surface area contributed by atoms with Gasteiger partial charge in [-0.15, -0.1) is 0 Å². The van der Waals surface area contributed by atoms with Gasteiger partial charge in [-0.25, -0.2) is 0 Å². The molecule has 0 unspecified atom stereocenters. The first kappa shape index (κ1) is 17.5. The van der Waals surface area contributed by atoms with E-state index in [0.717, 1.165) is 25.7 Å². The molecular formula is C18H29NO2. The second-order valence-corrected chi connectivity index (χ2v) is 6.17. The third-order valence-corrected chi connectivity index (χ3v) is 3.51. The number of esters is 1. The molecule has 0 aliphatic carbocycles. The quantitative estimate of drug-likeness (QED) is 0.507. The van der Waals surface area contributed by atoms with Crippen LogP contribution in [0.5, 0.6) is 0 Å². The lowest BCUT2D eigenvalue weighted by Crippen LogP contribution is -2.08. The number of carbonyl (C=O) groups is 1. The molecule has 1 aromatic carbocycles. The van der Waals surface area contributed by atoms with Crippen LogP contribution >= 0.6 is 0 Å². The molecule has 0 N–H and O–H groups in total. The van der Waals surface area contributed by atoms with Crippen molar-refractivity contribution < 1.29 is 9.53 Å². The topological polar surface area (TPSA) is 29.5 Å². The van der Waals surface area contributed by atoms with Crippen LogP contribution in [0.1, 0.15) is 45.1 Å². The van der Waals surface area contributed by atoms with Gasteiger partial charge in [0, 0.05) is 26.2 Å². The number of aryl methyl sites for hydroxylation is 1. The van der Waals surface area contributed by atoms with Gasteiger partial charge in [0.2, 0.25) is 0 Å². The average Bonchev–Trinajstić information content (AvgIpc) is 2.43. The molecule has 21 heavy (non-hydrogen) atoms. The zero-order chi connectivity index (χ0) is 15.7. The highest BCUT2D eigenvalue weighted by molar-refractivity contribution is 5.69. The molecule has 118 valence electrons. The molecule has 0 heterocycles. The van der Waals surface area contributed by atoms with Gasteiger partial charge in [0.15, 0.2) is 0 Å². The monoisotopic (exact) mass is 291 g/mol. The molecule has 0 amide bonds. The van der Waals surface area contributed by atoms with E-state index in [0.29, 0.717) is 18.9 Å². The summed E-state index contributed by atoms with van der Waals surface area (Å²) in [6.45, 7) is 4.83. The van der Waals surface area contributed by atoms with E-state index in [4.69, 9.17) is 4.74 Å². The first-order valence-corrected chi connectivity index (χ1v) is 7.91. The van der Waals surface area contributed by atoms with Crippen molar-refractivity contribution in [3.63, 3.8) is 0 Å². The highest BCUT2D eigenvalue weighted by Crippen LogP contribution is 2.14. The molecule has 0 aromatic heterocycles. The predicted molar refractivity (Wildman–Crippen MR) is 88.7 cm³/mol. The van der Waals surface area contributed by atoms with Gasteiger partial charge >= 0.3 is 5.97 Å². The molecule has 0 radical (unpaired) electrons. The summed E-state index contributed by atoms with van der Waals surface area (Å²) in [5.41, 5.74) is 2.54. The molecule has 0 atom stereocenters. The minimum Gasteiger partial charge on any atom is -0.466 e. The van der Waals surface area contributed by atoms with Gasteiger partial charge < -0.3 is 9.64 Å². The number of carbonyl (C=O) groups excluding carboxylic acids is 1. The Kier molecular flexibility index (Phi) is 7.88. The molecule has 0 fully saturated rings. The normalized spacial score (nSPS) is 10.7. The van der Waals surface area contributed by atoms with E-state index in [1.54, 1.807) is 0 Å². The molecule has 0 saturated carbocycles. The Morgan fingerprint density at radius 1 is 1.14 bits per heavy atom. The smallest absolute Gasteiger partial charge is 0.305 e. The molecule has 0 saturated heterocycles. The van der Waals surface area contributed by atoms with Gasteiger partial charge in [-0.3, -0.25) is 4.79 Å². The van der Waals surface area contributed by atoms with Crippen LogP contribution in [0.15, 0.2) is 24.3 Å². The summed E-state index contributed by atoms with van der Waals surface area (Å²) >= 11 is 0. The third-order valence-electron chi connectivity index (χ3n) is 3.51. The highest BCUT2D eigenvalue weighted by Gasteiger charge is 2.04. The van der Waals surface area contributed by atoms with E-state index >= 15 is 0 Å². The SMILES string of the molecule is CC(C)CCOC(=O)CCCCc1ccc(N(C)C)cc1. The number of hydrogen-bond acceptors (Lipinski definition) is 3. The number of nitrogens with zero attached hydrogens (tertiary/aromatic N) is 1. The average molecular weight is 291 g/mol. The first-order valence-electron chi connectivity index (χ1n) is 7.91. The molecule has 3 heteroatoms. The second kappa shape index (κ2) is 9.43. The Hall–Kier alpha value is -1.51. The summed E-state index contributed by atoms with van der Waals surface area (Å²) in [6, 6.07) is 8.59. The van der Waals surface area contributed by atoms with Crippen LogP contribution in [-0.2, 0) is 16.0 Å². The maximum absolute atomic E-state index is 11.5. The Balaban J connectivity index is 2.14. The van der Waals surface area contributed by atoms with Crippen LogP contribution in [0, 0.1) is 5.92 Å². The third kappa shape index (κ3) is 7.74. The van der Waals surface area contributed by atoms with Crippen LogP contribution < -0.4 is 4.90 Å². The van der Waals surface area contributed by atoms with Gasteiger partial charge in [0.1, 0.15) is 0 Å². The summed E-state index contributed by atoms with van der Waals surface area (Å²) < 4.78 is 5.20. The van der Waals surface area contributed by atoms with Crippen LogP contribution in [0.25, 0.3) is 0 Å². The van der Waals surface area contributed by atoms with E-state index < -0.39 is 0 Å². The highest BCUT2D eigenvalue weighted by atomic mass is 16.5. The van der Waals surface area contributed by atoms with Gasteiger partial charge in [0.25, 0.3) is 0 Å². The van der Waals surface area contributed by atoms with E-state index in [1.807, 2.05) is 14.1 Å². The maximum Gasteiger partial charge on any atom is 0.305 e. The minimum absolute atomic E-state index is 0.0568. The van der Waals surface area contributed by atoms with E-state index in [2.05, 4.69) is 43.0 Å². The zero-order valence-corrected chi connectivity index (χ0v) is 13.9. The van der Waals surface area contributed by atoms with E-state index in [-0.39, 0.29) is 5.97 Å². The molecule has 0 aliphatic heterocycles. The second-order valence-electron chi connectivity index (χ2n) is 6.17. The van der Waals surface area contributed by atoms with Crippen LogP contribution in [-0.4, -0.2) is 26.7 Å². The molecular weight excluding hydrogens is 262 g/mol. The number of ether oxygens (including phenoxy) is 1. The van der Waals surface area contributed by atoms with Crippen LogP contribution in [0.2, 0.25) is 0 Å². The Bertz CT molecular complexity index is 410. The number of rotatable bonds is 9. The number of benzene rings is 1. The summed E-state index contributed by atoms with van der Waals surface area (Å²) in [7, 11) is 4.08. The lowest BCUT2D eigenvalue weighted by atomic mass is 10.1. The Labute approximate surface area is 129 Å². The van der Waals surface area contributed by atoms with Gasteiger partial charge in [0.05, 0.1) is 6.61 Å². The summed E-state index contributed by atoms with van der Waals surface area (Å²) in [4.78, 5) is 13.6. The first-order chi connectivity index (χ1) is 9.99. The predicted octanol–water partition coefficient (Wildman–Crippen LogP) is 4.05. The Morgan fingerprint density at radius 3 is 2.38 bits per heavy atom. The lowest BCUT2D eigenvalue weighted by Gasteiger charge is -2.12. The molecule has 0 aliphatic rings. The summed E-state index contributed by atoms with van der Waals surface area (Å²) in [5, 5.41) is 0. The largest absolute Gasteiger partial charge is 0.466 e. The fraction of sp³-hybridized carbons (Fsp3) is 0.611. The number of hydrogen-bond donors (Lipinski definition) is 0. The number of anilines is 1. The van der Waals surface area contributed by atoms with Crippen molar-refractivity contribution in [1.82, 2.24) is 0 Å². The minimum atomic E-state index is -0.0568. The van der Waals surface area contributed by atoms with Crippen molar-refractivity contribution in [2.45, 2.75) is 46.0 Å². The van der Waals surface area contributed by atoms with Crippen molar-refractivity contribution in [3.05, 3.63) is 29.8 Å². The van der Waals surface area contributed by atoms with Crippen molar-refractivity contribution in [2.75, 3.05) is 25.6 Å². The molecule has 3 nitrogen and oxygen atoms in total. The van der Waals surface area contributed by atoms with E-state index in [9.17, 15) is 4.79 Å². The van der Waals surface area contributed by atoms with Crippen LogP contribution in [0.4, 0.5) is 5.69 Å². The van der Waals surface area contributed by atoms with Crippen molar-refractivity contribution in [3.8, 4) is 0 Å². The fourth-order valence-corrected chi connectivity index (χ4v) is 2.04. The molecule has 1 rings (SSSR count). The maximum atomic E-state index is 11.5. The standard InChI is InChI=1S/C18H29NO2/c1-15(2)13-14-21-18(20)8-6-5-7-16-9-11-17(12-10-16)19(3)4/h9-12,15H,5-8,13-14H2,1-4H3. The van der Waals surface area contributed by atoms with Gasteiger partial charge in [-0.05, 0) is 49.3 Å². The fourth-order valence-electron chi connectivity index (χ4n) is 2.04. The number of unbranched alkanes of at least 4 members (excludes halogenated alkanes) is 1. The summed E-state index contributed by atoms with van der Waals surface area (Å²) in [6.07, 6.45) is 4.43. The van der Waals surface area contributed by atoms with Crippen molar-refractivity contribution >= 4 is 11.7 Å².